The quantitative estimate of drug-likeness (QED) is 0.295. The Hall–Kier alpha value is -3.23. The van der Waals surface area contributed by atoms with Crippen LogP contribution in [0, 0.1) is 5.41 Å². The van der Waals surface area contributed by atoms with Gasteiger partial charge in [0.2, 0.25) is 11.8 Å². The van der Waals surface area contributed by atoms with Crippen molar-refractivity contribution in [1.82, 2.24) is 10.6 Å². The van der Waals surface area contributed by atoms with E-state index in [-0.39, 0.29) is 31.4 Å². The molecule has 0 heterocycles. The maximum Gasteiger partial charge on any atom is 0.239 e. The first-order chi connectivity index (χ1) is 13.5. The highest BCUT2D eigenvalue weighted by atomic mass is 16.5. The lowest BCUT2D eigenvalue weighted by atomic mass is 10.1. The molecule has 1 atom stereocenters. The lowest BCUT2D eigenvalue weighted by Crippen LogP contribution is -2.46. The van der Waals surface area contributed by atoms with Crippen molar-refractivity contribution < 1.29 is 14.3 Å². The van der Waals surface area contributed by atoms with Crippen LogP contribution in [0.3, 0.4) is 0 Å². The second-order valence-corrected chi connectivity index (χ2v) is 6.22. The van der Waals surface area contributed by atoms with Gasteiger partial charge in [-0.05, 0) is 17.2 Å². The summed E-state index contributed by atoms with van der Waals surface area (Å²) in [6.07, 6.45) is 0. The lowest BCUT2D eigenvalue weighted by molar-refractivity contribution is -0.127. The molecule has 8 heteroatoms. The fourth-order valence-corrected chi connectivity index (χ4v) is 2.36. The van der Waals surface area contributed by atoms with Crippen LogP contribution in [0.5, 0.6) is 0 Å². The van der Waals surface area contributed by atoms with Crippen molar-refractivity contribution >= 4 is 17.6 Å². The zero-order valence-corrected chi connectivity index (χ0v) is 15.5. The molecule has 2 rings (SSSR count). The van der Waals surface area contributed by atoms with Gasteiger partial charge in [-0.15, -0.1) is 0 Å². The van der Waals surface area contributed by atoms with Gasteiger partial charge in [-0.2, -0.15) is 0 Å². The molecule has 28 heavy (non-hydrogen) atoms. The average Bonchev–Trinajstić information content (AvgIpc) is 2.71. The van der Waals surface area contributed by atoms with Gasteiger partial charge in [0.25, 0.3) is 0 Å². The van der Waals surface area contributed by atoms with Crippen molar-refractivity contribution in [2.75, 3.05) is 13.2 Å². The number of hydrogen-bond acceptors (Lipinski definition) is 5. The fraction of sp³-hybridized carbons (Fsp3) is 0.250. The molecule has 148 valence electrons. The number of ether oxygens (including phenoxy) is 1. The summed E-state index contributed by atoms with van der Waals surface area (Å²) in [6.45, 7) is 0.501. The molecule has 0 aliphatic rings. The number of nitrogens with two attached hydrogens (primary N) is 2. The number of carbonyl (C=O) groups excluding carboxylic acids is 2. The van der Waals surface area contributed by atoms with Gasteiger partial charge in [-0.1, -0.05) is 48.5 Å². The third kappa shape index (κ3) is 7.18. The minimum absolute atomic E-state index is 0.0380. The van der Waals surface area contributed by atoms with Crippen molar-refractivity contribution in [2.24, 2.45) is 11.5 Å². The van der Waals surface area contributed by atoms with Gasteiger partial charge < -0.3 is 26.8 Å². The highest BCUT2D eigenvalue weighted by Crippen LogP contribution is 2.04. The molecule has 2 aromatic carbocycles. The molecule has 0 aliphatic heterocycles. The third-order valence-corrected chi connectivity index (χ3v) is 3.90. The summed E-state index contributed by atoms with van der Waals surface area (Å²) >= 11 is 0. The van der Waals surface area contributed by atoms with Crippen LogP contribution >= 0.6 is 0 Å². The minimum Gasteiger partial charge on any atom is -0.384 e. The van der Waals surface area contributed by atoms with Crippen molar-refractivity contribution in [2.45, 2.75) is 19.2 Å². The Morgan fingerprint density at radius 1 is 1.04 bits per heavy atom. The Bertz CT molecular complexity index is 810. The summed E-state index contributed by atoms with van der Waals surface area (Å²) < 4.78 is 5.43. The normalized spacial score (nSPS) is 11.5. The zero-order valence-electron chi connectivity index (χ0n) is 15.5. The summed E-state index contributed by atoms with van der Waals surface area (Å²) in [6, 6.07) is 15.7. The van der Waals surface area contributed by atoms with E-state index in [9.17, 15) is 9.59 Å². The first-order valence-electron chi connectivity index (χ1n) is 8.80. The van der Waals surface area contributed by atoms with Crippen LogP contribution < -0.4 is 22.1 Å². The van der Waals surface area contributed by atoms with E-state index < -0.39 is 11.9 Å². The van der Waals surface area contributed by atoms with E-state index in [1.165, 1.54) is 0 Å². The summed E-state index contributed by atoms with van der Waals surface area (Å²) in [7, 11) is 0. The van der Waals surface area contributed by atoms with Gasteiger partial charge in [0, 0.05) is 12.1 Å². The van der Waals surface area contributed by atoms with Crippen molar-refractivity contribution in [3.63, 3.8) is 0 Å². The summed E-state index contributed by atoms with van der Waals surface area (Å²) in [4.78, 5) is 23.8. The monoisotopic (exact) mass is 383 g/mol. The van der Waals surface area contributed by atoms with E-state index in [0.29, 0.717) is 12.2 Å². The molecule has 0 saturated carbocycles. The smallest absolute Gasteiger partial charge is 0.239 e. The Morgan fingerprint density at radius 3 is 2.46 bits per heavy atom. The van der Waals surface area contributed by atoms with E-state index in [2.05, 4.69) is 10.6 Å². The van der Waals surface area contributed by atoms with Gasteiger partial charge in [-0.25, -0.2) is 0 Å². The van der Waals surface area contributed by atoms with Gasteiger partial charge in [0.1, 0.15) is 11.9 Å². The van der Waals surface area contributed by atoms with Gasteiger partial charge in [0.15, 0.2) is 0 Å². The predicted molar refractivity (Wildman–Crippen MR) is 106 cm³/mol. The second-order valence-electron chi connectivity index (χ2n) is 6.22. The Balaban J connectivity index is 1.66. The second kappa shape index (κ2) is 10.8. The number of amides is 2. The van der Waals surface area contributed by atoms with Crippen LogP contribution in [0.4, 0.5) is 0 Å². The van der Waals surface area contributed by atoms with E-state index in [4.69, 9.17) is 21.6 Å². The molecule has 8 nitrogen and oxygen atoms in total. The number of benzene rings is 2. The molecule has 0 radical (unpaired) electrons. The first kappa shape index (κ1) is 21.1. The average molecular weight is 383 g/mol. The molecule has 0 bridgehead atoms. The molecule has 0 aromatic heterocycles. The third-order valence-electron chi connectivity index (χ3n) is 3.90. The van der Waals surface area contributed by atoms with Gasteiger partial charge in [-0.3, -0.25) is 15.0 Å². The fourth-order valence-electron chi connectivity index (χ4n) is 2.36. The van der Waals surface area contributed by atoms with Crippen LogP contribution in [0.2, 0.25) is 0 Å². The van der Waals surface area contributed by atoms with Crippen LogP contribution in [0.1, 0.15) is 16.7 Å². The molecular weight excluding hydrogens is 358 g/mol. The van der Waals surface area contributed by atoms with Crippen LogP contribution in [-0.2, 0) is 27.5 Å². The van der Waals surface area contributed by atoms with E-state index in [1.807, 2.05) is 36.4 Å². The van der Waals surface area contributed by atoms with Crippen LogP contribution in [-0.4, -0.2) is 36.8 Å². The van der Waals surface area contributed by atoms with Crippen molar-refractivity contribution in [1.29, 1.82) is 5.41 Å². The summed E-state index contributed by atoms with van der Waals surface area (Å²) in [5, 5.41) is 12.6. The van der Waals surface area contributed by atoms with E-state index >= 15 is 0 Å². The molecule has 0 aliphatic carbocycles. The molecule has 0 fully saturated rings. The van der Waals surface area contributed by atoms with E-state index in [1.54, 1.807) is 18.2 Å². The van der Waals surface area contributed by atoms with Crippen molar-refractivity contribution in [3.8, 4) is 0 Å². The topological polar surface area (TPSA) is 143 Å². The Labute approximate surface area is 163 Å². The number of carbonyl (C=O) groups is 2. The molecule has 2 aromatic rings. The molecule has 0 spiro atoms. The Morgan fingerprint density at radius 2 is 1.75 bits per heavy atom. The lowest BCUT2D eigenvalue weighted by Gasteiger charge is -2.13. The zero-order chi connectivity index (χ0) is 20.4. The van der Waals surface area contributed by atoms with Crippen LogP contribution in [0.15, 0.2) is 54.6 Å². The number of rotatable bonds is 10. The maximum absolute atomic E-state index is 12.0. The SMILES string of the molecule is N=C(N)c1cccc(CNC(=O)CNC(=O)[C@H](N)COCc2ccccc2)c1. The predicted octanol–water partition coefficient (Wildman–Crippen LogP) is 0.247. The molecule has 7 N–H and O–H groups in total. The number of hydrogen-bond donors (Lipinski definition) is 5. The minimum atomic E-state index is -0.858. The van der Waals surface area contributed by atoms with Gasteiger partial charge >= 0.3 is 0 Å². The molecule has 2 amide bonds. The highest BCUT2D eigenvalue weighted by Gasteiger charge is 2.14. The van der Waals surface area contributed by atoms with E-state index in [0.717, 1.165) is 11.1 Å². The number of amidine groups is 1. The molecular formula is C20H25N5O3. The maximum atomic E-state index is 12.0. The summed E-state index contributed by atoms with van der Waals surface area (Å²) in [5.41, 5.74) is 13.6. The highest BCUT2D eigenvalue weighted by molar-refractivity contribution is 5.95. The number of nitrogen functional groups attached to an aromatic ring is 1. The largest absolute Gasteiger partial charge is 0.384 e. The van der Waals surface area contributed by atoms with Crippen molar-refractivity contribution in [3.05, 3.63) is 71.3 Å². The number of nitrogens with one attached hydrogen (secondary N) is 3. The molecule has 0 saturated heterocycles. The van der Waals surface area contributed by atoms with Gasteiger partial charge in [0.05, 0.1) is 19.8 Å². The Kier molecular flexibility index (Phi) is 8.13. The molecule has 0 unspecified atom stereocenters. The first-order valence-corrected chi connectivity index (χ1v) is 8.80. The summed E-state index contributed by atoms with van der Waals surface area (Å²) in [5.74, 6) is -0.843. The van der Waals surface area contributed by atoms with Crippen LogP contribution in [0.25, 0.3) is 0 Å². The standard InChI is InChI=1S/C20H25N5O3/c21-17(13-28-12-14-5-2-1-3-6-14)20(27)25-11-18(26)24-10-15-7-4-8-16(9-15)19(22)23/h1-9,17H,10-13,21H2,(H3,22,23)(H,24,26)(H,25,27)/t17-/m1/s1.